The Bertz CT molecular complexity index is 2130. The zero-order valence-electron chi connectivity index (χ0n) is 22.5. The zero-order valence-corrected chi connectivity index (χ0v) is 22.5. The minimum atomic E-state index is -0.818. The van der Waals surface area contributed by atoms with Crippen LogP contribution in [0.2, 0.25) is 0 Å². The van der Waals surface area contributed by atoms with Crippen LogP contribution in [-0.2, 0) is 25.7 Å². The number of aromatic nitrogens is 4. The first-order valence-corrected chi connectivity index (χ1v) is 14.4. The lowest BCUT2D eigenvalue weighted by molar-refractivity contribution is 0.464. The summed E-state index contributed by atoms with van der Waals surface area (Å²) in [6.45, 7) is 2.17. The summed E-state index contributed by atoms with van der Waals surface area (Å²) in [7, 11) is 0. The van der Waals surface area contributed by atoms with Crippen LogP contribution in [0.15, 0.2) is 19.2 Å². The fourth-order valence-electron chi connectivity index (χ4n) is 7.02. The van der Waals surface area contributed by atoms with Gasteiger partial charge < -0.3 is 0 Å². The molecule has 1 atom stereocenters. The maximum atomic E-state index is 13.8. The van der Waals surface area contributed by atoms with Crippen LogP contribution < -0.4 is 33.0 Å². The Morgan fingerprint density at radius 2 is 1.05 bits per heavy atom. The summed E-state index contributed by atoms with van der Waals surface area (Å²) in [6.07, 6.45) is 10.2. The van der Waals surface area contributed by atoms with Crippen molar-refractivity contribution in [2.24, 2.45) is 5.92 Å². The van der Waals surface area contributed by atoms with E-state index in [0.717, 1.165) is 82.4 Å². The molecule has 0 radical (unpaired) electrons. The molecule has 204 valence electrons. The van der Waals surface area contributed by atoms with Crippen LogP contribution >= 0.6 is 0 Å². The van der Waals surface area contributed by atoms with Gasteiger partial charge in [0.25, 0.3) is 11.1 Å². The van der Waals surface area contributed by atoms with E-state index >= 15 is 0 Å². The molecule has 5 aromatic rings. The molecule has 2 N–H and O–H groups in total. The van der Waals surface area contributed by atoms with Crippen LogP contribution in [0, 0.1) is 16.7 Å². The average molecular weight is 539 g/mol. The number of hydrogen-bond acceptors (Lipinski definition) is 8. The molecule has 0 fully saturated rings. The number of nitrogens with zero attached hydrogens (tertiary/aromatic N) is 4. The zero-order chi connectivity index (χ0) is 27.9. The van der Waals surface area contributed by atoms with Crippen LogP contribution in [0.5, 0.6) is 0 Å². The number of hydrogen-bond donors (Lipinski definition) is 2. The maximum absolute atomic E-state index is 13.8. The van der Waals surface area contributed by atoms with Gasteiger partial charge in [-0.3, -0.25) is 30.0 Å². The number of aryl methyl sites for hydroxylation is 2. The SMILES string of the molecule is CC1CCCc2c(c3nc4c(=O)c5c(=O)n6c(=N)c7c(c6nc5c(=O)c4c(=O)n3c2=N)CCCCCCC7)CC1. The summed E-state index contributed by atoms with van der Waals surface area (Å²) in [6, 6.07) is 0. The van der Waals surface area contributed by atoms with Crippen LogP contribution in [0.25, 0.3) is 33.1 Å². The molecule has 0 aliphatic heterocycles. The third-order valence-corrected chi connectivity index (χ3v) is 9.20. The first-order chi connectivity index (χ1) is 19.3. The van der Waals surface area contributed by atoms with Crippen LogP contribution in [0.3, 0.4) is 0 Å². The van der Waals surface area contributed by atoms with E-state index in [0.29, 0.717) is 31.6 Å². The van der Waals surface area contributed by atoms with Gasteiger partial charge in [0.15, 0.2) is 0 Å². The van der Waals surface area contributed by atoms with Crippen LogP contribution in [-0.4, -0.2) is 18.8 Å². The van der Waals surface area contributed by atoms with E-state index in [1.165, 1.54) is 0 Å². The Labute approximate surface area is 227 Å². The summed E-state index contributed by atoms with van der Waals surface area (Å²) in [5.41, 5.74) is -0.319. The monoisotopic (exact) mass is 538 g/mol. The topological polar surface area (TPSA) is 151 Å². The normalized spacial score (nSPS) is 18.8. The van der Waals surface area contributed by atoms with Gasteiger partial charge in [0.05, 0.1) is 0 Å². The molecular formula is C30H30N6O4. The van der Waals surface area contributed by atoms with Crippen molar-refractivity contribution in [3.63, 3.8) is 0 Å². The van der Waals surface area contributed by atoms with Crippen molar-refractivity contribution in [2.75, 3.05) is 0 Å². The standard InChI is InChI=1S/C30H30N6O4/c1-14-8-7-11-16-18(13-12-14)28-34-22-20(30(40)36(28)26(16)32)23(37)21-19(24(22)38)29(39)35-25(31)15-9-5-3-2-4-6-10-17(15)27(35)33-21/h14,31-32H,2-13H2,1H3. The molecule has 4 heterocycles. The van der Waals surface area contributed by atoms with Gasteiger partial charge in [-0.1, -0.05) is 32.6 Å². The Kier molecular flexibility index (Phi) is 5.59. The van der Waals surface area contributed by atoms with Gasteiger partial charge in [-0.25, -0.2) is 18.8 Å². The second-order valence-electron chi connectivity index (χ2n) is 11.7. The van der Waals surface area contributed by atoms with Gasteiger partial charge >= 0.3 is 0 Å². The van der Waals surface area contributed by atoms with Gasteiger partial charge in [0.2, 0.25) is 10.9 Å². The lowest BCUT2D eigenvalue weighted by atomic mass is 9.90. The van der Waals surface area contributed by atoms with E-state index in [1.54, 1.807) is 0 Å². The first-order valence-electron chi connectivity index (χ1n) is 14.4. The van der Waals surface area contributed by atoms with E-state index < -0.39 is 32.7 Å². The highest BCUT2D eigenvalue weighted by Gasteiger charge is 2.27. The predicted molar refractivity (Wildman–Crippen MR) is 150 cm³/mol. The first kappa shape index (κ1) is 24.9. The smallest absolute Gasteiger partial charge is 0.271 e. The Morgan fingerprint density at radius 3 is 1.60 bits per heavy atom. The summed E-state index contributed by atoms with van der Waals surface area (Å²) >= 11 is 0. The summed E-state index contributed by atoms with van der Waals surface area (Å²) in [5, 5.41) is 16.7. The molecule has 40 heavy (non-hydrogen) atoms. The van der Waals surface area contributed by atoms with Crippen molar-refractivity contribution in [1.29, 1.82) is 10.8 Å². The van der Waals surface area contributed by atoms with E-state index in [2.05, 4.69) is 16.9 Å². The number of rotatable bonds is 0. The average Bonchev–Trinajstić information content (AvgIpc) is 3.38. The molecule has 0 bridgehead atoms. The molecule has 10 nitrogen and oxygen atoms in total. The Hall–Kier alpha value is -4.08. The summed E-state index contributed by atoms with van der Waals surface area (Å²) in [5.74, 6) is 0.484. The third-order valence-electron chi connectivity index (χ3n) is 9.20. The van der Waals surface area contributed by atoms with Gasteiger partial charge in [-0.15, -0.1) is 0 Å². The van der Waals surface area contributed by atoms with Gasteiger partial charge in [0, 0.05) is 22.3 Å². The summed E-state index contributed by atoms with van der Waals surface area (Å²) in [4.78, 5) is 64.4. The number of fused-ring (bicyclic) bond motifs is 8. The van der Waals surface area contributed by atoms with Crippen molar-refractivity contribution in [2.45, 2.75) is 84.0 Å². The van der Waals surface area contributed by atoms with Gasteiger partial charge in [0.1, 0.15) is 44.1 Å². The second kappa shape index (κ2) is 8.97. The van der Waals surface area contributed by atoms with Crippen LogP contribution in [0.4, 0.5) is 0 Å². The molecule has 7 rings (SSSR count). The van der Waals surface area contributed by atoms with E-state index in [4.69, 9.17) is 10.8 Å². The van der Waals surface area contributed by atoms with E-state index in [9.17, 15) is 19.2 Å². The summed E-state index contributed by atoms with van der Waals surface area (Å²) < 4.78 is 2.32. The van der Waals surface area contributed by atoms with Gasteiger partial charge in [-0.05, 0) is 57.3 Å². The molecule has 2 aliphatic carbocycles. The highest BCUT2D eigenvalue weighted by Crippen LogP contribution is 2.25. The van der Waals surface area contributed by atoms with E-state index in [-0.39, 0.29) is 33.3 Å². The Balaban J connectivity index is 1.62. The molecule has 4 aromatic heterocycles. The molecular weight excluding hydrogens is 508 g/mol. The lowest BCUT2D eigenvalue weighted by Crippen LogP contribution is -2.34. The van der Waals surface area contributed by atoms with Gasteiger partial charge in [-0.2, -0.15) is 0 Å². The highest BCUT2D eigenvalue weighted by atomic mass is 16.2. The number of nitrogens with one attached hydrogen (secondary N) is 2. The van der Waals surface area contributed by atoms with Crippen molar-refractivity contribution in [1.82, 2.24) is 18.8 Å². The predicted octanol–water partition coefficient (Wildman–Crippen LogP) is 1.96. The molecule has 2 aliphatic rings. The maximum Gasteiger partial charge on any atom is 0.271 e. The van der Waals surface area contributed by atoms with Crippen molar-refractivity contribution >= 4 is 33.1 Å². The third kappa shape index (κ3) is 3.34. The van der Waals surface area contributed by atoms with Crippen molar-refractivity contribution in [3.8, 4) is 0 Å². The molecule has 0 spiro atoms. The van der Waals surface area contributed by atoms with Crippen molar-refractivity contribution < 1.29 is 0 Å². The van der Waals surface area contributed by atoms with Crippen molar-refractivity contribution in [3.05, 3.63) is 74.4 Å². The molecule has 0 saturated heterocycles. The fourth-order valence-corrected chi connectivity index (χ4v) is 7.02. The Morgan fingerprint density at radius 1 is 0.600 bits per heavy atom. The molecule has 1 aromatic carbocycles. The largest absolute Gasteiger partial charge is 0.287 e. The fraction of sp³-hybridized carbons (Fsp3) is 0.467. The lowest BCUT2D eigenvalue weighted by Gasteiger charge is -2.15. The molecule has 10 heteroatoms. The quantitative estimate of drug-likeness (QED) is 0.288. The second-order valence-corrected chi connectivity index (χ2v) is 11.7. The van der Waals surface area contributed by atoms with E-state index in [1.807, 2.05) is 0 Å². The minimum Gasteiger partial charge on any atom is -0.287 e. The minimum absolute atomic E-state index is 0.0155. The molecule has 0 saturated carbocycles. The molecule has 1 unspecified atom stereocenters. The molecule has 0 amide bonds. The highest BCUT2D eigenvalue weighted by molar-refractivity contribution is 5.95. The number of benzene rings is 1. The van der Waals surface area contributed by atoms with Crippen LogP contribution in [0.1, 0.15) is 80.5 Å².